The zero-order valence-electron chi connectivity index (χ0n) is 13.0. The van der Waals surface area contributed by atoms with Crippen LogP contribution in [0.4, 0.5) is 11.4 Å². The maximum atomic E-state index is 11.5. The van der Waals surface area contributed by atoms with Gasteiger partial charge in [-0.3, -0.25) is 4.79 Å². The number of amides is 1. The van der Waals surface area contributed by atoms with Crippen LogP contribution in [0.1, 0.15) is 33.6 Å². The molecule has 0 bridgehead atoms. The third-order valence-corrected chi connectivity index (χ3v) is 4.00. The van der Waals surface area contributed by atoms with Gasteiger partial charge in [0.1, 0.15) is 5.75 Å². The summed E-state index contributed by atoms with van der Waals surface area (Å²) in [4.78, 5) is 13.6. The summed E-state index contributed by atoms with van der Waals surface area (Å²) in [7, 11) is 0. The highest BCUT2D eigenvalue weighted by Crippen LogP contribution is 2.36. The number of rotatable bonds is 4. The lowest BCUT2D eigenvalue weighted by Crippen LogP contribution is -2.46. The molecule has 2 unspecified atom stereocenters. The molecule has 1 aliphatic heterocycles. The largest absolute Gasteiger partial charge is 0.489 e. The van der Waals surface area contributed by atoms with E-state index in [9.17, 15) is 4.79 Å². The van der Waals surface area contributed by atoms with Crippen LogP contribution in [0, 0.1) is 5.92 Å². The monoisotopic (exact) mass is 291 g/mol. The molecule has 116 valence electrons. The summed E-state index contributed by atoms with van der Waals surface area (Å²) in [6.07, 6.45) is 1.84. The molecule has 0 aliphatic carbocycles. The first kappa shape index (κ1) is 15.5. The zero-order chi connectivity index (χ0) is 15.6. The number of piperidine rings is 1. The van der Waals surface area contributed by atoms with Gasteiger partial charge in [0.25, 0.3) is 0 Å². The second-order valence-electron chi connectivity index (χ2n) is 6.03. The number of nitrogens with two attached hydrogens (primary N) is 2. The minimum absolute atomic E-state index is 0.0692. The van der Waals surface area contributed by atoms with Crippen LogP contribution in [0.25, 0.3) is 0 Å². The Morgan fingerprint density at radius 2 is 2.10 bits per heavy atom. The van der Waals surface area contributed by atoms with Gasteiger partial charge in [-0.25, -0.2) is 0 Å². The van der Waals surface area contributed by atoms with Gasteiger partial charge in [0.15, 0.2) is 0 Å². The van der Waals surface area contributed by atoms with Crippen molar-refractivity contribution >= 4 is 17.3 Å². The molecule has 0 radical (unpaired) electrons. The van der Waals surface area contributed by atoms with Gasteiger partial charge in [-0.15, -0.1) is 0 Å². The molecule has 2 rings (SSSR count). The highest BCUT2D eigenvalue weighted by Gasteiger charge is 2.30. The number of benzene rings is 1. The lowest BCUT2D eigenvalue weighted by molar-refractivity contribution is -0.122. The van der Waals surface area contributed by atoms with E-state index >= 15 is 0 Å². The Hall–Kier alpha value is -1.91. The lowest BCUT2D eigenvalue weighted by Gasteiger charge is -2.39. The predicted molar refractivity (Wildman–Crippen MR) is 85.3 cm³/mol. The van der Waals surface area contributed by atoms with E-state index < -0.39 is 0 Å². The highest BCUT2D eigenvalue weighted by atomic mass is 16.5. The Morgan fingerprint density at radius 1 is 1.38 bits per heavy atom. The van der Waals surface area contributed by atoms with Crippen LogP contribution in [-0.2, 0) is 4.79 Å². The van der Waals surface area contributed by atoms with Crippen molar-refractivity contribution in [1.82, 2.24) is 0 Å². The molecule has 1 heterocycles. The first-order chi connectivity index (χ1) is 9.90. The van der Waals surface area contributed by atoms with Crippen LogP contribution in [0.15, 0.2) is 18.2 Å². The van der Waals surface area contributed by atoms with Crippen molar-refractivity contribution in [2.45, 2.75) is 45.8 Å². The number of ether oxygens (including phenoxy) is 1. The van der Waals surface area contributed by atoms with Crippen LogP contribution >= 0.6 is 0 Å². The van der Waals surface area contributed by atoms with Gasteiger partial charge in [0.05, 0.1) is 23.4 Å². The van der Waals surface area contributed by atoms with Gasteiger partial charge in [-0.2, -0.15) is 0 Å². The Bertz CT molecular complexity index is 516. The van der Waals surface area contributed by atoms with Crippen molar-refractivity contribution in [2.75, 3.05) is 17.2 Å². The number of primary amides is 1. The number of anilines is 2. The van der Waals surface area contributed by atoms with E-state index in [0.717, 1.165) is 18.5 Å². The molecular weight excluding hydrogens is 266 g/mol. The second kappa shape index (κ2) is 6.24. The van der Waals surface area contributed by atoms with Crippen molar-refractivity contribution in [1.29, 1.82) is 0 Å². The molecule has 1 aromatic carbocycles. The summed E-state index contributed by atoms with van der Waals surface area (Å²) in [5.74, 6) is 0.339. The van der Waals surface area contributed by atoms with Gasteiger partial charge in [0.2, 0.25) is 5.91 Å². The standard InChI is InChI=1S/C16H25N3O2/c1-10(2)21-14-6-4-5-13(15(14)17)19-9-12(16(18)20)8-7-11(19)3/h4-6,10-12H,7-9,17H2,1-3H3,(H2,18,20). The van der Waals surface area contributed by atoms with Crippen LogP contribution < -0.4 is 21.1 Å². The number of carbonyl (C=O) groups excluding carboxylic acids is 1. The number of carbonyl (C=O) groups is 1. The Labute approximate surface area is 126 Å². The van der Waals surface area contributed by atoms with Crippen molar-refractivity contribution in [3.63, 3.8) is 0 Å². The average Bonchev–Trinajstić information content (AvgIpc) is 2.41. The molecular formula is C16H25N3O2. The summed E-state index contributed by atoms with van der Waals surface area (Å²) in [6, 6.07) is 6.11. The van der Waals surface area contributed by atoms with Crippen molar-refractivity contribution in [3.05, 3.63) is 18.2 Å². The van der Waals surface area contributed by atoms with E-state index in [2.05, 4.69) is 11.8 Å². The Balaban J connectivity index is 2.29. The summed E-state index contributed by atoms with van der Waals surface area (Å²) < 4.78 is 5.74. The fraction of sp³-hybridized carbons (Fsp3) is 0.562. The van der Waals surface area contributed by atoms with Gasteiger partial charge in [-0.1, -0.05) is 6.07 Å². The smallest absolute Gasteiger partial charge is 0.222 e. The van der Waals surface area contributed by atoms with E-state index in [4.69, 9.17) is 16.2 Å². The molecule has 1 aromatic rings. The van der Waals surface area contributed by atoms with Crippen LogP contribution in [-0.4, -0.2) is 24.6 Å². The molecule has 5 nitrogen and oxygen atoms in total. The van der Waals surface area contributed by atoms with Gasteiger partial charge >= 0.3 is 0 Å². The van der Waals surface area contributed by atoms with Crippen LogP contribution in [0.2, 0.25) is 0 Å². The molecule has 5 heteroatoms. The number of hydrogen-bond acceptors (Lipinski definition) is 4. The first-order valence-electron chi connectivity index (χ1n) is 7.51. The Kier molecular flexibility index (Phi) is 4.60. The van der Waals surface area contributed by atoms with Crippen LogP contribution in [0.3, 0.4) is 0 Å². The molecule has 0 spiro atoms. The lowest BCUT2D eigenvalue weighted by atomic mass is 9.92. The fourth-order valence-corrected chi connectivity index (χ4v) is 2.81. The second-order valence-corrected chi connectivity index (χ2v) is 6.03. The van der Waals surface area contributed by atoms with Crippen molar-refractivity contribution in [2.24, 2.45) is 11.7 Å². The van der Waals surface area contributed by atoms with E-state index in [-0.39, 0.29) is 17.9 Å². The molecule has 1 amide bonds. The highest BCUT2D eigenvalue weighted by molar-refractivity contribution is 5.79. The quantitative estimate of drug-likeness (QED) is 0.833. The molecule has 1 aliphatic rings. The third kappa shape index (κ3) is 3.40. The van der Waals surface area contributed by atoms with E-state index in [1.165, 1.54) is 0 Å². The number of para-hydroxylation sites is 1. The van der Waals surface area contributed by atoms with E-state index in [1.807, 2.05) is 32.0 Å². The fourth-order valence-electron chi connectivity index (χ4n) is 2.81. The summed E-state index contributed by atoms with van der Waals surface area (Å²) in [5, 5.41) is 0. The Morgan fingerprint density at radius 3 is 2.71 bits per heavy atom. The maximum Gasteiger partial charge on any atom is 0.222 e. The summed E-state index contributed by atoms with van der Waals surface area (Å²) >= 11 is 0. The van der Waals surface area contributed by atoms with Gasteiger partial charge in [0, 0.05) is 12.6 Å². The van der Waals surface area contributed by atoms with Crippen molar-refractivity contribution in [3.8, 4) is 5.75 Å². The SMILES string of the molecule is CC(C)Oc1cccc(N2CC(C(N)=O)CCC2C)c1N. The normalized spacial score (nSPS) is 22.4. The van der Waals surface area contributed by atoms with E-state index in [0.29, 0.717) is 24.0 Å². The molecule has 21 heavy (non-hydrogen) atoms. The van der Waals surface area contributed by atoms with Gasteiger partial charge < -0.3 is 21.1 Å². The van der Waals surface area contributed by atoms with E-state index in [1.54, 1.807) is 0 Å². The average molecular weight is 291 g/mol. The minimum Gasteiger partial charge on any atom is -0.489 e. The maximum absolute atomic E-state index is 11.5. The topological polar surface area (TPSA) is 81.6 Å². The molecule has 1 saturated heterocycles. The zero-order valence-corrected chi connectivity index (χ0v) is 13.0. The number of nitrogen functional groups attached to an aromatic ring is 1. The molecule has 0 aromatic heterocycles. The third-order valence-electron chi connectivity index (χ3n) is 4.00. The number of nitrogens with zero attached hydrogens (tertiary/aromatic N) is 1. The van der Waals surface area contributed by atoms with Crippen LogP contribution in [0.5, 0.6) is 5.75 Å². The summed E-state index contributed by atoms with van der Waals surface area (Å²) in [6.45, 7) is 6.70. The summed E-state index contributed by atoms with van der Waals surface area (Å²) in [5.41, 5.74) is 13.3. The first-order valence-corrected chi connectivity index (χ1v) is 7.51. The predicted octanol–water partition coefficient (Wildman–Crippen LogP) is 2.15. The minimum atomic E-state index is -0.236. The molecule has 1 fully saturated rings. The molecule has 0 saturated carbocycles. The molecule has 4 N–H and O–H groups in total. The van der Waals surface area contributed by atoms with Crippen molar-refractivity contribution < 1.29 is 9.53 Å². The molecule has 2 atom stereocenters. The number of hydrogen-bond donors (Lipinski definition) is 2. The van der Waals surface area contributed by atoms with Gasteiger partial charge in [-0.05, 0) is 45.7 Å².